The predicted molar refractivity (Wildman–Crippen MR) is 173 cm³/mol. The number of nitrogens with one attached hydrogen (secondary N) is 2. The molecule has 5 aromatic rings. The number of H-pyrrole nitrogens is 1. The van der Waals surface area contributed by atoms with Gasteiger partial charge < -0.3 is 29.4 Å². The smallest absolute Gasteiger partial charge is 0.253 e. The van der Waals surface area contributed by atoms with Gasteiger partial charge >= 0.3 is 0 Å². The summed E-state index contributed by atoms with van der Waals surface area (Å²) in [4.78, 5) is 17.3. The molecule has 2 aliphatic rings. The molecule has 0 bridgehead atoms. The molecule has 1 aliphatic carbocycles. The number of aromatic nitrogens is 2. The van der Waals surface area contributed by atoms with Crippen molar-refractivity contribution < 1.29 is 23.8 Å². The van der Waals surface area contributed by atoms with Crippen molar-refractivity contribution in [3.63, 3.8) is 0 Å². The molecule has 0 unspecified atom stereocenters. The zero-order valence-electron chi connectivity index (χ0n) is 25.4. The Morgan fingerprint density at radius 1 is 1.09 bits per heavy atom. The van der Waals surface area contributed by atoms with Crippen molar-refractivity contribution in [2.75, 3.05) is 20.3 Å². The standard InChI is InChI=1S/C37H38FN3O4/c1-44-34-17-24-13-14-41-33(30(24)19-35(34)45-22-23-7-2-3-8-23)18-31(36(41)25-9-6-10-27(38)15-25)37(43)40-28(21-42)16-26-20-39-32-12-5-4-11-29(26)32/h4-6,9-12,15,17-20,23,28,39,42H,2-3,7-8,13-14,16,21-22H2,1H3,(H,40,43)/t28-/m1/s1. The van der Waals surface area contributed by atoms with Gasteiger partial charge in [-0.15, -0.1) is 0 Å². The van der Waals surface area contributed by atoms with Crippen LogP contribution in [0.5, 0.6) is 11.5 Å². The number of ether oxygens (including phenoxy) is 2. The summed E-state index contributed by atoms with van der Waals surface area (Å²) in [6, 6.07) is 19.8. The number of amides is 1. The molecule has 232 valence electrons. The fourth-order valence-corrected chi connectivity index (χ4v) is 7.05. The van der Waals surface area contributed by atoms with Crippen molar-refractivity contribution in [2.24, 2.45) is 5.92 Å². The lowest BCUT2D eigenvalue weighted by Gasteiger charge is -2.24. The van der Waals surface area contributed by atoms with E-state index in [1.54, 1.807) is 13.2 Å². The van der Waals surface area contributed by atoms with E-state index in [2.05, 4.69) is 14.9 Å². The number of aromatic amines is 1. The molecule has 1 fully saturated rings. The molecule has 0 saturated heterocycles. The number of methoxy groups -OCH3 is 1. The van der Waals surface area contributed by atoms with Crippen LogP contribution in [0.15, 0.2) is 72.9 Å². The SMILES string of the molecule is COc1cc2c(cc1OCC1CCCC1)-c1cc(C(=O)N[C@@H](CO)Cc3c[nH]c4ccccc34)c(-c3cccc(F)c3)n1CC2. The molecule has 3 aromatic carbocycles. The van der Waals surface area contributed by atoms with Crippen molar-refractivity contribution >= 4 is 16.8 Å². The molecule has 0 spiro atoms. The number of aliphatic hydroxyl groups excluding tert-OH is 1. The fourth-order valence-electron chi connectivity index (χ4n) is 7.05. The first kappa shape index (κ1) is 29.2. The van der Waals surface area contributed by atoms with Gasteiger partial charge in [-0.2, -0.15) is 0 Å². The molecular formula is C37H38FN3O4. The summed E-state index contributed by atoms with van der Waals surface area (Å²) >= 11 is 0. The van der Waals surface area contributed by atoms with Gasteiger partial charge in [0, 0.05) is 40.5 Å². The number of rotatable bonds is 10. The zero-order valence-corrected chi connectivity index (χ0v) is 25.4. The van der Waals surface area contributed by atoms with Crippen LogP contribution in [0.25, 0.3) is 33.4 Å². The third-order valence-electron chi connectivity index (χ3n) is 9.36. The van der Waals surface area contributed by atoms with Gasteiger partial charge in [0.05, 0.1) is 37.6 Å². The van der Waals surface area contributed by atoms with E-state index in [0.29, 0.717) is 53.8 Å². The number of aryl methyl sites for hydroxylation is 1. The normalized spacial score (nSPS) is 15.1. The van der Waals surface area contributed by atoms with Crippen molar-refractivity contribution in [2.45, 2.75) is 51.1 Å². The summed E-state index contributed by atoms with van der Waals surface area (Å²) in [6.45, 7) is 1.04. The average molecular weight is 608 g/mol. The van der Waals surface area contributed by atoms with E-state index < -0.39 is 6.04 Å². The van der Waals surface area contributed by atoms with Crippen LogP contribution in [0.4, 0.5) is 4.39 Å². The minimum atomic E-state index is -0.513. The van der Waals surface area contributed by atoms with Gasteiger partial charge in [-0.25, -0.2) is 4.39 Å². The monoisotopic (exact) mass is 607 g/mol. The van der Waals surface area contributed by atoms with E-state index in [1.807, 2.05) is 54.7 Å². The maximum absolute atomic E-state index is 14.5. The number of hydrogen-bond donors (Lipinski definition) is 3. The first-order chi connectivity index (χ1) is 22.0. The molecule has 1 aliphatic heterocycles. The second-order valence-electron chi connectivity index (χ2n) is 12.2. The van der Waals surface area contributed by atoms with Gasteiger partial charge in [-0.05, 0) is 79.1 Å². The Morgan fingerprint density at radius 3 is 2.73 bits per heavy atom. The van der Waals surface area contributed by atoms with Crippen LogP contribution < -0.4 is 14.8 Å². The van der Waals surface area contributed by atoms with Crippen LogP contribution in [0.3, 0.4) is 0 Å². The first-order valence-electron chi connectivity index (χ1n) is 15.8. The van der Waals surface area contributed by atoms with Gasteiger partial charge in [-0.1, -0.05) is 43.2 Å². The maximum Gasteiger partial charge on any atom is 0.253 e. The Balaban J connectivity index is 1.25. The van der Waals surface area contributed by atoms with Crippen molar-refractivity contribution in [1.82, 2.24) is 14.9 Å². The Morgan fingerprint density at radius 2 is 1.93 bits per heavy atom. The largest absolute Gasteiger partial charge is 0.493 e. The number of carbonyl (C=O) groups is 1. The van der Waals surface area contributed by atoms with E-state index in [9.17, 15) is 14.3 Å². The van der Waals surface area contributed by atoms with E-state index in [1.165, 1.54) is 37.8 Å². The summed E-state index contributed by atoms with van der Waals surface area (Å²) in [5.74, 6) is 1.26. The Hall–Kier alpha value is -4.56. The van der Waals surface area contributed by atoms with Gasteiger partial charge in [0.2, 0.25) is 0 Å². The number of para-hydroxylation sites is 1. The highest BCUT2D eigenvalue weighted by atomic mass is 19.1. The van der Waals surface area contributed by atoms with Crippen molar-refractivity contribution in [3.05, 3.63) is 95.4 Å². The topological polar surface area (TPSA) is 88.5 Å². The lowest BCUT2D eigenvalue weighted by atomic mass is 9.97. The summed E-state index contributed by atoms with van der Waals surface area (Å²) in [5, 5.41) is 14.4. The number of aliphatic hydroxyl groups is 1. The minimum absolute atomic E-state index is 0.224. The molecule has 2 aromatic heterocycles. The van der Waals surface area contributed by atoms with Crippen molar-refractivity contribution in [3.8, 4) is 34.0 Å². The highest BCUT2D eigenvalue weighted by Crippen LogP contribution is 2.43. The molecule has 7 rings (SSSR count). The number of halogens is 1. The first-order valence-corrected chi connectivity index (χ1v) is 15.8. The van der Waals surface area contributed by atoms with E-state index in [0.717, 1.165) is 39.7 Å². The van der Waals surface area contributed by atoms with Gasteiger partial charge in [0.25, 0.3) is 5.91 Å². The van der Waals surface area contributed by atoms with Crippen molar-refractivity contribution in [1.29, 1.82) is 0 Å². The summed E-state index contributed by atoms with van der Waals surface area (Å²) < 4.78 is 28.7. The third-order valence-corrected chi connectivity index (χ3v) is 9.36. The quantitative estimate of drug-likeness (QED) is 0.161. The van der Waals surface area contributed by atoms with Crippen LogP contribution in [0.2, 0.25) is 0 Å². The highest BCUT2D eigenvalue weighted by Gasteiger charge is 2.29. The fraction of sp³-hybridized carbons (Fsp3) is 0.324. The summed E-state index contributed by atoms with van der Waals surface area (Å²) in [7, 11) is 1.66. The van der Waals surface area contributed by atoms with Crippen LogP contribution in [-0.4, -0.2) is 46.9 Å². The number of nitrogens with zero attached hydrogens (tertiary/aromatic N) is 1. The second-order valence-corrected chi connectivity index (χ2v) is 12.2. The van der Waals surface area contributed by atoms with E-state index in [-0.39, 0.29) is 18.3 Å². The molecular weight excluding hydrogens is 569 g/mol. The minimum Gasteiger partial charge on any atom is -0.493 e. The third kappa shape index (κ3) is 5.71. The molecule has 1 atom stereocenters. The highest BCUT2D eigenvalue weighted by molar-refractivity contribution is 6.02. The van der Waals surface area contributed by atoms with Gasteiger partial charge in [-0.3, -0.25) is 4.79 Å². The average Bonchev–Trinajstić information content (AvgIpc) is 3.82. The number of carbonyl (C=O) groups excluding carboxylic acids is 1. The van der Waals surface area contributed by atoms with Crippen LogP contribution in [-0.2, 0) is 19.4 Å². The Labute approximate surface area is 262 Å². The molecule has 1 amide bonds. The Bertz CT molecular complexity index is 1850. The molecule has 3 heterocycles. The number of fused-ring (bicyclic) bond motifs is 4. The zero-order chi connectivity index (χ0) is 30.9. The second kappa shape index (κ2) is 12.4. The number of benzene rings is 3. The molecule has 7 nitrogen and oxygen atoms in total. The van der Waals surface area contributed by atoms with Crippen LogP contribution in [0, 0.1) is 11.7 Å². The molecule has 0 radical (unpaired) electrons. The van der Waals surface area contributed by atoms with Gasteiger partial charge in [0.1, 0.15) is 5.82 Å². The Kier molecular flexibility index (Phi) is 8.06. The van der Waals surface area contributed by atoms with E-state index in [4.69, 9.17) is 9.47 Å². The molecule has 1 saturated carbocycles. The van der Waals surface area contributed by atoms with E-state index >= 15 is 0 Å². The number of hydrogen-bond acceptors (Lipinski definition) is 4. The predicted octanol–water partition coefficient (Wildman–Crippen LogP) is 6.91. The van der Waals surface area contributed by atoms with Gasteiger partial charge in [0.15, 0.2) is 11.5 Å². The maximum atomic E-state index is 14.5. The van der Waals surface area contributed by atoms with Crippen LogP contribution >= 0.6 is 0 Å². The molecule has 3 N–H and O–H groups in total. The lowest BCUT2D eigenvalue weighted by molar-refractivity contribution is 0.0917. The lowest BCUT2D eigenvalue weighted by Crippen LogP contribution is -2.39. The summed E-state index contributed by atoms with van der Waals surface area (Å²) in [6.07, 6.45) is 7.96. The summed E-state index contributed by atoms with van der Waals surface area (Å²) in [5.41, 5.74) is 6.67. The van der Waals surface area contributed by atoms with Crippen LogP contribution in [0.1, 0.15) is 47.2 Å². The molecule has 45 heavy (non-hydrogen) atoms. The molecule has 8 heteroatoms.